The molecule has 4 rings (SSSR count). The van der Waals surface area contributed by atoms with Crippen LogP contribution in [0.5, 0.6) is 0 Å². The molecule has 0 radical (unpaired) electrons. The SMILES string of the molecule is CC(=O)N1CC[C@@]23c4ccccc4N[C@@]12C(C)(C)C3(C)C. The van der Waals surface area contributed by atoms with Gasteiger partial charge in [0.1, 0.15) is 5.66 Å². The number of rotatable bonds is 0. The largest absolute Gasteiger partial charge is 0.361 e. The highest BCUT2D eigenvalue weighted by molar-refractivity contribution is 5.81. The van der Waals surface area contributed by atoms with Gasteiger partial charge in [-0.3, -0.25) is 4.79 Å². The van der Waals surface area contributed by atoms with E-state index in [0.717, 1.165) is 13.0 Å². The van der Waals surface area contributed by atoms with Gasteiger partial charge in [-0.25, -0.2) is 0 Å². The van der Waals surface area contributed by atoms with Crippen molar-refractivity contribution in [3.05, 3.63) is 29.8 Å². The van der Waals surface area contributed by atoms with Crippen molar-refractivity contribution in [2.75, 3.05) is 11.9 Å². The third-order valence-electron chi connectivity index (χ3n) is 7.35. The van der Waals surface area contributed by atoms with E-state index < -0.39 is 0 Å². The van der Waals surface area contributed by atoms with Crippen molar-refractivity contribution in [1.29, 1.82) is 0 Å². The molecule has 0 bridgehead atoms. The molecule has 3 aliphatic rings. The minimum Gasteiger partial charge on any atom is -0.361 e. The molecule has 112 valence electrons. The van der Waals surface area contributed by atoms with Crippen LogP contribution in [0.1, 0.15) is 46.6 Å². The van der Waals surface area contributed by atoms with Gasteiger partial charge in [0.25, 0.3) is 0 Å². The summed E-state index contributed by atoms with van der Waals surface area (Å²) in [5.74, 6) is 0.181. The molecule has 21 heavy (non-hydrogen) atoms. The smallest absolute Gasteiger partial charge is 0.221 e. The van der Waals surface area contributed by atoms with Crippen LogP contribution in [-0.2, 0) is 10.2 Å². The van der Waals surface area contributed by atoms with Gasteiger partial charge in [-0.2, -0.15) is 0 Å². The first-order valence-electron chi connectivity index (χ1n) is 7.90. The van der Waals surface area contributed by atoms with E-state index in [9.17, 15) is 4.79 Å². The maximum absolute atomic E-state index is 12.3. The Kier molecular flexibility index (Phi) is 2.06. The monoisotopic (exact) mass is 284 g/mol. The van der Waals surface area contributed by atoms with E-state index in [1.807, 2.05) is 0 Å². The zero-order valence-electron chi connectivity index (χ0n) is 13.6. The van der Waals surface area contributed by atoms with Gasteiger partial charge >= 0.3 is 0 Å². The zero-order valence-corrected chi connectivity index (χ0v) is 13.6. The summed E-state index contributed by atoms with van der Waals surface area (Å²) in [6.07, 6.45) is 1.05. The number of likely N-dealkylation sites (tertiary alicyclic amines) is 1. The van der Waals surface area contributed by atoms with E-state index >= 15 is 0 Å². The molecule has 2 fully saturated rings. The summed E-state index contributed by atoms with van der Waals surface area (Å²) < 4.78 is 0. The molecular formula is C18H24N2O. The minimum absolute atomic E-state index is 0.0151. The maximum Gasteiger partial charge on any atom is 0.221 e. The van der Waals surface area contributed by atoms with Crippen molar-refractivity contribution < 1.29 is 4.79 Å². The van der Waals surface area contributed by atoms with Gasteiger partial charge in [0.15, 0.2) is 0 Å². The molecule has 1 aromatic rings. The molecule has 3 nitrogen and oxygen atoms in total. The third kappa shape index (κ3) is 0.957. The highest BCUT2D eigenvalue weighted by atomic mass is 16.2. The van der Waals surface area contributed by atoms with Gasteiger partial charge in [-0.1, -0.05) is 45.9 Å². The molecule has 0 aromatic heterocycles. The molecule has 3 heteroatoms. The number of para-hydroxylation sites is 1. The fourth-order valence-electron chi connectivity index (χ4n) is 5.97. The van der Waals surface area contributed by atoms with Gasteiger partial charge in [0.2, 0.25) is 5.91 Å². The topological polar surface area (TPSA) is 32.3 Å². The van der Waals surface area contributed by atoms with Crippen molar-refractivity contribution in [3.8, 4) is 0 Å². The van der Waals surface area contributed by atoms with Crippen LogP contribution in [0.3, 0.4) is 0 Å². The van der Waals surface area contributed by atoms with Crippen molar-refractivity contribution in [2.24, 2.45) is 10.8 Å². The number of carbonyl (C=O) groups excluding carboxylic acids is 1. The number of nitrogens with zero attached hydrogens (tertiary/aromatic N) is 1. The van der Waals surface area contributed by atoms with Crippen LogP contribution in [-0.4, -0.2) is 23.0 Å². The van der Waals surface area contributed by atoms with Gasteiger partial charge in [0, 0.05) is 30.0 Å². The maximum atomic E-state index is 12.3. The number of fused-ring (bicyclic) bond motifs is 1. The molecule has 0 unspecified atom stereocenters. The average molecular weight is 284 g/mol. The lowest BCUT2D eigenvalue weighted by atomic mass is 9.32. The molecule has 1 saturated heterocycles. The van der Waals surface area contributed by atoms with Crippen molar-refractivity contribution >= 4 is 11.6 Å². The Labute approximate surface area is 126 Å². The van der Waals surface area contributed by atoms with E-state index in [-0.39, 0.29) is 27.8 Å². The summed E-state index contributed by atoms with van der Waals surface area (Å²) in [5, 5.41) is 3.78. The fourth-order valence-corrected chi connectivity index (χ4v) is 5.97. The number of nitrogens with one attached hydrogen (secondary N) is 1. The average Bonchev–Trinajstić information content (AvgIpc) is 2.87. The summed E-state index contributed by atoms with van der Waals surface area (Å²) in [6.45, 7) is 11.9. The quantitative estimate of drug-likeness (QED) is 0.792. The van der Waals surface area contributed by atoms with Crippen LogP contribution >= 0.6 is 0 Å². The van der Waals surface area contributed by atoms with E-state index in [2.05, 4.69) is 62.2 Å². The van der Waals surface area contributed by atoms with E-state index in [4.69, 9.17) is 0 Å². The molecule has 2 heterocycles. The van der Waals surface area contributed by atoms with Crippen LogP contribution in [0.15, 0.2) is 24.3 Å². The Balaban J connectivity index is 2.04. The second-order valence-electron chi connectivity index (χ2n) is 7.96. The molecule has 1 aromatic carbocycles. The highest BCUT2D eigenvalue weighted by Gasteiger charge is 2.87. The predicted octanol–water partition coefficient (Wildman–Crippen LogP) is 3.36. The Hall–Kier alpha value is -1.51. The molecule has 1 N–H and O–H groups in total. The first kappa shape index (κ1) is 13.2. The predicted molar refractivity (Wildman–Crippen MR) is 84.0 cm³/mol. The number of benzene rings is 1. The number of carbonyl (C=O) groups is 1. The lowest BCUT2D eigenvalue weighted by Crippen LogP contribution is -2.84. The number of hydrogen-bond acceptors (Lipinski definition) is 2. The summed E-state index contributed by atoms with van der Waals surface area (Å²) in [7, 11) is 0. The van der Waals surface area contributed by atoms with Crippen molar-refractivity contribution in [1.82, 2.24) is 4.90 Å². The number of hydrogen-bond donors (Lipinski definition) is 1. The van der Waals surface area contributed by atoms with Crippen LogP contribution in [0.25, 0.3) is 0 Å². The normalized spacial score (nSPS) is 37.1. The Morgan fingerprint density at radius 2 is 1.81 bits per heavy atom. The molecule has 2 aliphatic heterocycles. The molecule has 0 spiro atoms. The van der Waals surface area contributed by atoms with Crippen LogP contribution in [0, 0.1) is 10.8 Å². The fraction of sp³-hybridized carbons (Fsp3) is 0.611. The zero-order chi connectivity index (χ0) is 15.3. The first-order chi connectivity index (χ1) is 9.74. The van der Waals surface area contributed by atoms with Crippen LogP contribution in [0.2, 0.25) is 0 Å². The lowest BCUT2D eigenvalue weighted by molar-refractivity contribution is -0.223. The lowest BCUT2D eigenvalue weighted by Gasteiger charge is -2.75. The molecular weight excluding hydrogens is 260 g/mol. The van der Waals surface area contributed by atoms with Gasteiger partial charge in [0.05, 0.1) is 0 Å². The molecule has 2 atom stereocenters. The summed E-state index contributed by atoms with van der Waals surface area (Å²) in [6, 6.07) is 8.62. The Morgan fingerprint density at radius 3 is 2.48 bits per heavy atom. The standard InChI is InChI=1S/C18H24N2O/c1-12(21)20-11-10-17-13-8-6-7-9-14(13)19-18(17,20)16(4,5)15(17,2)3/h6-9,19H,10-11H2,1-5H3/t17-,18-/m0/s1. The van der Waals surface area contributed by atoms with E-state index in [0.29, 0.717) is 0 Å². The highest BCUT2D eigenvalue weighted by Crippen LogP contribution is 2.81. The Bertz CT molecular complexity index is 663. The van der Waals surface area contributed by atoms with E-state index in [1.54, 1.807) is 6.92 Å². The molecule has 1 amide bonds. The second-order valence-corrected chi connectivity index (χ2v) is 7.96. The van der Waals surface area contributed by atoms with Gasteiger partial charge < -0.3 is 10.2 Å². The summed E-state index contributed by atoms with van der Waals surface area (Å²) in [5.41, 5.74) is 2.54. The summed E-state index contributed by atoms with van der Waals surface area (Å²) in [4.78, 5) is 14.4. The van der Waals surface area contributed by atoms with Gasteiger partial charge in [-0.15, -0.1) is 0 Å². The van der Waals surface area contributed by atoms with E-state index in [1.165, 1.54) is 11.3 Å². The molecule has 1 saturated carbocycles. The second kappa shape index (κ2) is 3.29. The van der Waals surface area contributed by atoms with Gasteiger partial charge in [-0.05, 0) is 23.5 Å². The Morgan fingerprint density at radius 1 is 1.14 bits per heavy atom. The first-order valence-corrected chi connectivity index (χ1v) is 7.90. The van der Waals surface area contributed by atoms with Crippen molar-refractivity contribution in [2.45, 2.75) is 52.1 Å². The third-order valence-corrected chi connectivity index (χ3v) is 7.35. The number of amides is 1. The minimum atomic E-state index is -0.265. The van der Waals surface area contributed by atoms with Crippen LogP contribution in [0.4, 0.5) is 5.69 Å². The number of anilines is 1. The molecule has 1 aliphatic carbocycles. The van der Waals surface area contributed by atoms with Crippen LogP contribution < -0.4 is 5.32 Å². The summed E-state index contributed by atoms with van der Waals surface area (Å²) >= 11 is 0. The van der Waals surface area contributed by atoms with Crippen molar-refractivity contribution in [3.63, 3.8) is 0 Å².